The van der Waals surface area contributed by atoms with Crippen LogP contribution in [0.1, 0.15) is 31.4 Å². The second kappa shape index (κ2) is 12.0. The minimum atomic E-state index is -1.00. The van der Waals surface area contributed by atoms with Crippen molar-refractivity contribution < 1.29 is 19.1 Å². The lowest BCUT2D eigenvalue weighted by Gasteiger charge is -2.23. The van der Waals surface area contributed by atoms with Gasteiger partial charge in [-0.05, 0) is 29.5 Å². The summed E-state index contributed by atoms with van der Waals surface area (Å²) >= 11 is 6.23. The summed E-state index contributed by atoms with van der Waals surface area (Å²) in [5, 5.41) is 5.68. The molecule has 0 radical (unpaired) electrons. The van der Waals surface area contributed by atoms with Gasteiger partial charge >= 0.3 is 6.09 Å². The zero-order valence-electron chi connectivity index (χ0n) is 17.6. The number of benzene rings is 2. The highest BCUT2D eigenvalue weighted by molar-refractivity contribution is 6.31. The minimum Gasteiger partial charge on any atom is -0.445 e. The highest BCUT2D eigenvalue weighted by Crippen LogP contribution is 2.17. The van der Waals surface area contributed by atoms with Gasteiger partial charge in [0.1, 0.15) is 18.7 Å². The molecule has 0 aliphatic rings. The largest absolute Gasteiger partial charge is 0.445 e. The Hall–Kier alpha value is -3.06. The summed E-state index contributed by atoms with van der Waals surface area (Å²) in [5.41, 5.74) is 6.93. The van der Waals surface area contributed by atoms with E-state index in [0.29, 0.717) is 17.0 Å². The molecule has 4 N–H and O–H groups in total. The zero-order valence-corrected chi connectivity index (χ0v) is 18.4. The van der Waals surface area contributed by atoms with Crippen molar-refractivity contribution in [2.45, 2.75) is 45.4 Å². The second-order valence-electron chi connectivity index (χ2n) is 7.65. The Balaban J connectivity index is 2.11. The van der Waals surface area contributed by atoms with Crippen molar-refractivity contribution in [3.8, 4) is 0 Å². The lowest BCUT2D eigenvalue weighted by atomic mass is 10.0. The Kier molecular flexibility index (Phi) is 9.34. The standard InChI is InChI=1S/C23H28ClN3O4/c1-15(2)12-19(21(25)28)26-22(29)20(13-17-10-6-7-11-18(17)24)27-23(30)31-14-16-8-4-3-5-9-16/h3-11,15,19-20H,12-14H2,1-2H3,(H2,25,28)(H,26,29)(H,27,30)/t19-,20?/m0/s1. The third-order valence-electron chi connectivity index (χ3n) is 4.57. The molecule has 2 aromatic carbocycles. The maximum atomic E-state index is 12.9. The summed E-state index contributed by atoms with van der Waals surface area (Å²) in [4.78, 5) is 37.1. The van der Waals surface area contributed by atoms with E-state index in [0.717, 1.165) is 5.56 Å². The van der Waals surface area contributed by atoms with Gasteiger partial charge in [-0.25, -0.2) is 4.79 Å². The van der Waals surface area contributed by atoms with Crippen molar-refractivity contribution in [1.29, 1.82) is 0 Å². The fourth-order valence-electron chi connectivity index (χ4n) is 2.99. The number of ether oxygens (including phenoxy) is 1. The van der Waals surface area contributed by atoms with Gasteiger partial charge < -0.3 is 21.1 Å². The molecule has 0 saturated heterocycles. The number of carbonyl (C=O) groups excluding carboxylic acids is 3. The van der Waals surface area contributed by atoms with E-state index in [4.69, 9.17) is 22.1 Å². The summed E-state index contributed by atoms with van der Waals surface area (Å²) in [6.07, 6.45) is -0.243. The molecule has 2 atom stereocenters. The molecule has 166 valence electrons. The van der Waals surface area contributed by atoms with Crippen molar-refractivity contribution in [3.63, 3.8) is 0 Å². The van der Waals surface area contributed by atoms with Gasteiger partial charge in [-0.1, -0.05) is 74.0 Å². The molecule has 0 aliphatic heterocycles. The van der Waals surface area contributed by atoms with E-state index in [1.54, 1.807) is 24.3 Å². The lowest BCUT2D eigenvalue weighted by Crippen LogP contribution is -2.54. The van der Waals surface area contributed by atoms with Crippen LogP contribution in [0.2, 0.25) is 5.02 Å². The molecule has 8 heteroatoms. The molecular weight excluding hydrogens is 418 g/mol. The van der Waals surface area contributed by atoms with Crippen LogP contribution in [0.15, 0.2) is 54.6 Å². The van der Waals surface area contributed by atoms with E-state index in [1.165, 1.54) is 0 Å². The molecule has 0 heterocycles. The first-order chi connectivity index (χ1) is 14.8. The van der Waals surface area contributed by atoms with E-state index in [-0.39, 0.29) is 18.9 Å². The van der Waals surface area contributed by atoms with E-state index in [2.05, 4.69) is 10.6 Å². The average Bonchev–Trinajstić information content (AvgIpc) is 2.73. The van der Waals surface area contributed by atoms with Gasteiger partial charge in [0.05, 0.1) is 0 Å². The molecule has 31 heavy (non-hydrogen) atoms. The SMILES string of the molecule is CC(C)C[C@H](NC(=O)C(Cc1ccccc1Cl)NC(=O)OCc1ccccc1)C(N)=O. The Bertz CT molecular complexity index is 889. The van der Waals surface area contributed by atoms with Gasteiger partial charge in [0.15, 0.2) is 0 Å². The van der Waals surface area contributed by atoms with Crippen LogP contribution in [0.25, 0.3) is 0 Å². The first kappa shape index (κ1) is 24.2. The molecule has 0 fully saturated rings. The van der Waals surface area contributed by atoms with Crippen LogP contribution in [0.3, 0.4) is 0 Å². The fraction of sp³-hybridized carbons (Fsp3) is 0.348. The van der Waals surface area contributed by atoms with E-state index >= 15 is 0 Å². The third kappa shape index (κ3) is 8.30. The molecule has 2 rings (SSSR count). The molecule has 3 amide bonds. The summed E-state index contributed by atoms with van der Waals surface area (Å²) in [7, 11) is 0. The number of hydrogen-bond donors (Lipinski definition) is 3. The topological polar surface area (TPSA) is 111 Å². The average molecular weight is 446 g/mol. The normalized spacial score (nSPS) is 12.6. The van der Waals surface area contributed by atoms with Crippen LogP contribution in [0.5, 0.6) is 0 Å². The Morgan fingerprint density at radius 2 is 1.61 bits per heavy atom. The molecule has 0 spiro atoms. The first-order valence-corrected chi connectivity index (χ1v) is 10.4. The number of primary amides is 1. The van der Waals surface area contributed by atoms with E-state index < -0.39 is 30.0 Å². The first-order valence-electron chi connectivity index (χ1n) is 10.1. The third-order valence-corrected chi connectivity index (χ3v) is 4.94. The number of carbonyl (C=O) groups is 3. The molecular formula is C23H28ClN3O4. The lowest BCUT2D eigenvalue weighted by molar-refractivity contribution is -0.128. The molecule has 1 unspecified atom stereocenters. The van der Waals surface area contributed by atoms with Crippen LogP contribution in [0, 0.1) is 5.92 Å². The van der Waals surface area contributed by atoms with Crippen molar-refractivity contribution in [1.82, 2.24) is 10.6 Å². The maximum absolute atomic E-state index is 12.9. The number of nitrogens with one attached hydrogen (secondary N) is 2. The Morgan fingerprint density at radius 1 is 0.968 bits per heavy atom. The van der Waals surface area contributed by atoms with E-state index in [9.17, 15) is 14.4 Å². The maximum Gasteiger partial charge on any atom is 0.408 e. The monoisotopic (exact) mass is 445 g/mol. The smallest absolute Gasteiger partial charge is 0.408 e. The van der Waals surface area contributed by atoms with Crippen LogP contribution in [0.4, 0.5) is 4.79 Å². The molecule has 0 aromatic heterocycles. The molecule has 0 aliphatic carbocycles. The predicted molar refractivity (Wildman–Crippen MR) is 119 cm³/mol. The fourth-order valence-corrected chi connectivity index (χ4v) is 3.20. The van der Waals surface area contributed by atoms with Crippen LogP contribution >= 0.6 is 11.6 Å². The number of rotatable bonds is 10. The minimum absolute atomic E-state index is 0.0599. The number of amides is 3. The van der Waals surface area contributed by atoms with Crippen LogP contribution in [-0.2, 0) is 27.4 Å². The Morgan fingerprint density at radius 3 is 2.23 bits per heavy atom. The summed E-state index contributed by atoms with van der Waals surface area (Å²) in [6.45, 7) is 3.90. The highest BCUT2D eigenvalue weighted by Gasteiger charge is 2.27. The highest BCUT2D eigenvalue weighted by atomic mass is 35.5. The van der Waals surface area contributed by atoms with Gasteiger partial charge in [-0.15, -0.1) is 0 Å². The molecule has 7 nitrogen and oxygen atoms in total. The summed E-state index contributed by atoms with van der Waals surface area (Å²) in [5.74, 6) is -1.03. The van der Waals surface area contributed by atoms with Crippen molar-refractivity contribution in [3.05, 3.63) is 70.7 Å². The molecule has 0 bridgehead atoms. The van der Waals surface area contributed by atoms with Crippen molar-refractivity contribution in [2.75, 3.05) is 0 Å². The predicted octanol–water partition coefficient (Wildman–Crippen LogP) is 3.19. The van der Waals surface area contributed by atoms with Gasteiger partial charge in [0.25, 0.3) is 0 Å². The van der Waals surface area contributed by atoms with Crippen molar-refractivity contribution >= 4 is 29.5 Å². The second-order valence-corrected chi connectivity index (χ2v) is 8.05. The van der Waals surface area contributed by atoms with Gasteiger partial charge in [0.2, 0.25) is 11.8 Å². The number of alkyl carbamates (subject to hydrolysis) is 1. The van der Waals surface area contributed by atoms with Gasteiger partial charge in [-0.2, -0.15) is 0 Å². The number of hydrogen-bond acceptors (Lipinski definition) is 4. The van der Waals surface area contributed by atoms with Gasteiger partial charge in [-0.3, -0.25) is 9.59 Å². The Labute approximate surface area is 187 Å². The van der Waals surface area contributed by atoms with Gasteiger partial charge in [0, 0.05) is 11.4 Å². The van der Waals surface area contributed by atoms with E-state index in [1.807, 2.05) is 44.2 Å². The van der Waals surface area contributed by atoms with Crippen LogP contribution in [-0.4, -0.2) is 30.0 Å². The molecule has 2 aromatic rings. The van der Waals surface area contributed by atoms with Crippen LogP contribution < -0.4 is 16.4 Å². The summed E-state index contributed by atoms with van der Waals surface area (Å²) in [6, 6.07) is 14.4. The quantitative estimate of drug-likeness (QED) is 0.521. The molecule has 0 saturated carbocycles. The number of halogens is 1. The number of nitrogens with two attached hydrogens (primary N) is 1. The summed E-state index contributed by atoms with van der Waals surface area (Å²) < 4.78 is 5.24. The zero-order chi connectivity index (χ0) is 22.8. The van der Waals surface area contributed by atoms with Crippen molar-refractivity contribution in [2.24, 2.45) is 11.7 Å².